The van der Waals surface area contributed by atoms with Crippen LogP contribution in [0.25, 0.3) is 0 Å². The molecule has 1 aromatic heterocycles. The van der Waals surface area contributed by atoms with E-state index in [1.807, 2.05) is 6.07 Å². The molecule has 0 bridgehead atoms. The van der Waals surface area contributed by atoms with Crippen molar-refractivity contribution in [3.05, 3.63) is 117 Å². The highest BCUT2D eigenvalue weighted by Gasteiger charge is 2.30. The molecule has 0 saturated heterocycles. The first-order valence-corrected chi connectivity index (χ1v) is 10.6. The van der Waals surface area contributed by atoms with E-state index in [2.05, 4.69) is 10.3 Å². The van der Waals surface area contributed by atoms with Gasteiger partial charge in [-0.25, -0.2) is 14.2 Å². The van der Waals surface area contributed by atoms with E-state index in [-0.39, 0.29) is 24.7 Å². The average molecular weight is 482 g/mol. The molecule has 0 unspecified atom stereocenters. The van der Waals surface area contributed by atoms with E-state index in [1.54, 1.807) is 48.5 Å². The number of halogens is 3. The number of aromatic nitrogens is 3. The van der Waals surface area contributed by atoms with Crippen molar-refractivity contribution in [2.24, 2.45) is 0 Å². The zero-order chi connectivity index (χ0) is 25.0. The van der Waals surface area contributed by atoms with Crippen LogP contribution in [0.3, 0.4) is 0 Å². The summed E-state index contributed by atoms with van der Waals surface area (Å²) in [6, 6.07) is 20.3. The lowest BCUT2D eigenvalue weighted by Gasteiger charge is -2.16. The summed E-state index contributed by atoms with van der Waals surface area (Å²) in [5.74, 6) is 0.468. The fourth-order valence-corrected chi connectivity index (χ4v) is 3.48. The van der Waals surface area contributed by atoms with E-state index >= 15 is 0 Å². The van der Waals surface area contributed by atoms with Gasteiger partial charge in [-0.15, -0.1) is 0 Å². The van der Waals surface area contributed by atoms with Crippen LogP contribution in [-0.2, 0) is 19.3 Å². The Kier molecular flexibility index (Phi) is 6.72. The third-order valence-electron chi connectivity index (χ3n) is 5.28. The van der Waals surface area contributed by atoms with Gasteiger partial charge in [-0.05, 0) is 41.5 Å². The maximum absolute atomic E-state index is 13.4. The molecule has 0 amide bonds. The minimum absolute atomic E-state index is 0.0344. The summed E-state index contributed by atoms with van der Waals surface area (Å²) in [4.78, 5) is 30.2. The number of nitrogens with zero attached hydrogens (tertiary/aromatic N) is 3. The van der Waals surface area contributed by atoms with Crippen molar-refractivity contribution in [2.45, 2.75) is 19.3 Å². The Hall–Kier alpha value is -4.34. The van der Waals surface area contributed by atoms with Crippen molar-refractivity contribution in [3.8, 4) is 5.75 Å². The Balaban J connectivity index is 1.77. The highest BCUT2D eigenvalue weighted by atomic mass is 19.4. The Bertz CT molecular complexity index is 1430. The molecular formula is C25H21F3N4O3. The monoisotopic (exact) mass is 482 g/mol. The maximum atomic E-state index is 13.4. The Morgan fingerprint density at radius 2 is 1.51 bits per heavy atom. The van der Waals surface area contributed by atoms with Gasteiger partial charge in [0.1, 0.15) is 5.75 Å². The molecule has 4 rings (SSSR count). The quantitative estimate of drug-likeness (QED) is 0.426. The molecule has 4 aromatic rings. The number of rotatable bonds is 7. The molecular weight excluding hydrogens is 461 g/mol. The second-order valence-corrected chi connectivity index (χ2v) is 7.71. The van der Waals surface area contributed by atoms with Gasteiger partial charge in [0.2, 0.25) is 5.95 Å². The van der Waals surface area contributed by atoms with E-state index in [9.17, 15) is 22.8 Å². The number of hydrogen-bond donors (Lipinski definition) is 1. The lowest BCUT2D eigenvalue weighted by molar-refractivity contribution is -0.137. The lowest BCUT2D eigenvalue weighted by Crippen LogP contribution is -2.43. The minimum atomic E-state index is -4.55. The first-order valence-electron chi connectivity index (χ1n) is 10.6. The SMILES string of the molecule is COc1ccc(Cn2c(=O)nc(Nc3cccc(C(F)(F)F)c3)n(Cc3ccccc3)c2=O)cc1. The van der Waals surface area contributed by atoms with Crippen molar-refractivity contribution in [3.63, 3.8) is 0 Å². The van der Waals surface area contributed by atoms with Gasteiger partial charge in [0, 0.05) is 5.69 Å². The molecule has 0 aliphatic heterocycles. The van der Waals surface area contributed by atoms with Crippen molar-refractivity contribution >= 4 is 11.6 Å². The summed E-state index contributed by atoms with van der Waals surface area (Å²) >= 11 is 0. The van der Waals surface area contributed by atoms with Gasteiger partial charge in [0.05, 0.1) is 25.8 Å². The smallest absolute Gasteiger partial charge is 0.416 e. The standard InChI is InChI=1S/C25H21F3N4O3/c1-35-21-12-10-18(11-13-21)16-32-23(33)30-22(29-20-9-5-8-19(14-20)25(26,27)28)31(24(32)34)15-17-6-3-2-4-7-17/h2-14H,15-16H2,1H3,(H,29,30,33). The highest BCUT2D eigenvalue weighted by molar-refractivity contribution is 5.55. The van der Waals surface area contributed by atoms with Crippen molar-refractivity contribution in [1.29, 1.82) is 0 Å². The van der Waals surface area contributed by atoms with Gasteiger partial charge in [0.15, 0.2) is 0 Å². The summed E-state index contributed by atoms with van der Waals surface area (Å²) in [5.41, 5.74) is -0.883. The van der Waals surface area contributed by atoms with E-state index in [1.165, 1.54) is 23.8 Å². The van der Waals surface area contributed by atoms with Crippen molar-refractivity contribution < 1.29 is 17.9 Å². The summed E-state index contributed by atoms with van der Waals surface area (Å²) in [6.07, 6.45) is -4.55. The van der Waals surface area contributed by atoms with Crippen LogP contribution in [0.5, 0.6) is 5.75 Å². The molecule has 7 nitrogen and oxygen atoms in total. The van der Waals surface area contributed by atoms with Crippen LogP contribution in [0, 0.1) is 0 Å². The van der Waals surface area contributed by atoms with Gasteiger partial charge in [-0.2, -0.15) is 18.2 Å². The van der Waals surface area contributed by atoms with E-state index < -0.39 is 23.1 Å². The number of nitrogens with one attached hydrogen (secondary N) is 1. The Labute approximate surface area is 198 Å². The number of hydrogen-bond acceptors (Lipinski definition) is 5. The zero-order valence-electron chi connectivity index (χ0n) is 18.6. The van der Waals surface area contributed by atoms with Gasteiger partial charge in [-0.3, -0.25) is 4.57 Å². The molecule has 3 aromatic carbocycles. The van der Waals surface area contributed by atoms with Crippen LogP contribution in [0.1, 0.15) is 16.7 Å². The maximum Gasteiger partial charge on any atom is 0.416 e. The third-order valence-corrected chi connectivity index (χ3v) is 5.28. The number of alkyl halides is 3. The van der Waals surface area contributed by atoms with E-state index in [0.717, 1.165) is 22.3 Å². The number of anilines is 2. The van der Waals surface area contributed by atoms with E-state index in [0.29, 0.717) is 11.3 Å². The summed E-state index contributed by atoms with van der Waals surface area (Å²) < 4.78 is 46.8. The third kappa shape index (κ3) is 5.60. The number of benzene rings is 3. The van der Waals surface area contributed by atoms with Gasteiger partial charge in [-0.1, -0.05) is 48.5 Å². The number of methoxy groups -OCH3 is 1. The Morgan fingerprint density at radius 1 is 0.857 bits per heavy atom. The molecule has 1 heterocycles. The molecule has 0 atom stereocenters. The van der Waals surface area contributed by atoms with Gasteiger partial charge < -0.3 is 10.1 Å². The van der Waals surface area contributed by atoms with Crippen LogP contribution < -0.4 is 21.4 Å². The molecule has 10 heteroatoms. The molecule has 0 aliphatic carbocycles. The summed E-state index contributed by atoms with van der Waals surface area (Å²) in [5, 5.41) is 2.72. The molecule has 180 valence electrons. The van der Waals surface area contributed by atoms with Crippen molar-refractivity contribution in [2.75, 3.05) is 12.4 Å². The first-order chi connectivity index (χ1) is 16.7. The predicted molar refractivity (Wildman–Crippen MR) is 125 cm³/mol. The van der Waals surface area contributed by atoms with Crippen LogP contribution in [0.15, 0.2) is 88.5 Å². The molecule has 0 radical (unpaired) electrons. The average Bonchev–Trinajstić information content (AvgIpc) is 2.85. The normalized spacial score (nSPS) is 11.3. The topological polar surface area (TPSA) is 78.2 Å². The largest absolute Gasteiger partial charge is 0.497 e. The molecule has 0 saturated carbocycles. The zero-order valence-corrected chi connectivity index (χ0v) is 18.6. The summed E-state index contributed by atoms with van der Waals surface area (Å²) in [6.45, 7) is 0.0180. The van der Waals surface area contributed by atoms with Crippen LogP contribution in [0.2, 0.25) is 0 Å². The van der Waals surface area contributed by atoms with Gasteiger partial charge in [0.25, 0.3) is 0 Å². The molecule has 35 heavy (non-hydrogen) atoms. The first kappa shape index (κ1) is 23.8. The van der Waals surface area contributed by atoms with Crippen LogP contribution >= 0.6 is 0 Å². The minimum Gasteiger partial charge on any atom is -0.497 e. The van der Waals surface area contributed by atoms with E-state index in [4.69, 9.17) is 4.74 Å². The Morgan fingerprint density at radius 3 is 2.17 bits per heavy atom. The fraction of sp³-hybridized carbons (Fsp3) is 0.160. The fourth-order valence-electron chi connectivity index (χ4n) is 3.48. The summed E-state index contributed by atoms with van der Waals surface area (Å²) in [7, 11) is 1.53. The second-order valence-electron chi connectivity index (χ2n) is 7.71. The molecule has 0 spiro atoms. The lowest BCUT2D eigenvalue weighted by atomic mass is 10.2. The second kappa shape index (κ2) is 9.88. The van der Waals surface area contributed by atoms with Crippen LogP contribution in [0.4, 0.5) is 24.8 Å². The predicted octanol–water partition coefficient (Wildman–Crippen LogP) is 4.27. The molecule has 0 aliphatic rings. The molecule has 0 fully saturated rings. The van der Waals surface area contributed by atoms with Crippen molar-refractivity contribution in [1.82, 2.24) is 14.1 Å². The van der Waals surface area contributed by atoms with Gasteiger partial charge >= 0.3 is 17.6 Å². The highest BCUT2D eigenvalue weighted by Crippen LogP contribution is 2.31. The van der Waals surface area contributed by atoms with Crippen LogP contribution in [-0.4, -0.2) is 21.2 Å². The molecule has 1 N–H and O–H groups in total. The number of ether oxygens (including phenoxy) is 1.